The minimum absolute atomic E-state index is 0.0724. The van der Waals surface area contributed by atoms with Crippen LogP contribution in [0, 0.1) is 0 Å². The largest absolute Gasteiger partial charge is 0.497 e. The summed E-state index contributed by atoms with van der Waals surface area (Å²) in [5.41, 5.74) is 6.65. The Bertz CT molecular complexity index is 1620. The third-order valence-electron chi connectivity index (χ3n) is 7.80. The summed E-state index contributed by atoms with van der Waals surface area (Å²) in [4.78, 5) is 14.0. The van der Waals surface area contributed by atoms with Crippen molar-refractivity contribution in [2.75, 3.05) is 24.4 Å². The molecule has 0 amide bonds. The third-order valence-corrected chi connectivity index (χ3v) is 8.06. The molecule has 6 rings (SSSR count). The van der Waals surface area contributed by atoms with Crippen LogP contribution in [0.4, 0.5) is 11.4 Å². The number of benzene rings is 4. The van der Waals surface area contributed by atoms with Gasteiger partial charge in [-0.1, -0.05) is 54.1 Å². The molecule has 7 heteroatoms. The Morgan fingerprint density at radius 2 is 1.57 bits per heavy atom. The normalized spacial score (nSPS) is 17.7. The number of methoxy groups -OCH3 is 1. The number of rotatable bonds is 8. The van der Waals surface area contributed by atoms with E-state index in [9.17, 15) is 4.79 Å². The van der Waals surface area contributed by atoms with Gasteiger partial charge in [-0.25, -0.2) is 0 Å². The Balaban J connectivity index is 1.35. The molecule has 0 saturated heterocycles. The average molecular weight is 581 g/mol. The molecular weight excluding hydrogens is 548 g/mol. The number of anilines is 2. The molecule has 2 N–H and O–H groups in total. The lowest BCUT2D eigenvalue weighted by atomic mass is 9.78. The van der Waals surface area contributed by atoms with Gasteiger partial charge in [0.25, 0.3) is 0 Å². The van der Waals surface area contributed by atoms with Crippen LogP contribution in [0.1, 0.15) is 48.4 Å². The molecule has 1 aliphatic carbocycles. The van der Waals surface area contributed by atoms with Gasteiger partial charge in [0, 0.05) is 22.7 Å². The highest BCUT2D eigenvalue weighted by atomic mass is 35.5. The van der Waals surface area contributed by atoms with Crippen molar-refractivity contribution in [1.82, 2.24) is 0 Å². The van der Waals surface area contributed by atoms with Gasteiger partial charge in [0.2, 0.25) is 0 Å². The van der Waals surface area contributed by atoms with Crippen LogP contribution in [0.3, 0.4) is 0 Å². The summed E-state index contributed by atoms with van der Waals surface area (Å²) in [5, 5.41) is 7.96. The fourth-order valence-corrected chi connectivity index (χ4v) is 5.81. The molecule has 2 aliphatic rings. The summed E-state index contributed by atoms with van der Waals surface area (Å²) in [6.45, 7) is 2.82. The minimum Gasteiger partial charge on any atom is -0.497 e. The molecule has 2 atom stereocenters. The molecule has 0 spiro atoms. The van der Waals surface area contributed by atoms with Crippen LogP contribution in [-0.2, 0) is 11.4 Å². The van der Waals surface area contributed by atoms with Crippen LogP contribution in [-0.4, -0.2) is 19.5 Å². The molecule has 0 radical (unpaired) electrons. The number of hydrogen-bond acceptors (Lipinski definition) is 6. The van der Waals surface area contributed by atoms with Crippen LogP contribution >= 0.6 is 11.6 Å². The van der Waals surface area contributed by atoms with Gasteiger partial charge in [-0.05, 0) is 84.5 Å². The molecule has 0 unspecified atom stereocenters. The predicted octanol–water partition coefficient (Wildman–Crippen LogP) is 8.31. The number of ether oxygens (including phenoxy) is 3. The summed E-state index contributed by atoms with van der Waals surface area (Å²) in [6.07, 6.45) is 1.16. The number of hydrogen-bond donors (Lipinski definition) is 2. The Hall–Kier alpha value is -4.42. The van der Waals surface area contributed by atoms with Gasteiger partial charge in [-0.2, -0.15) is 0 Å². The van der Waals surface area contributed by atoms with Crippen molar-refractivity contribution in [2.24, 2.45) is 0 Å². The van der Waals surface area contributed by atoms with Crippen molar-refractivity contribution in [1.29, 1.82) is 0 Å². The fourth-order valence-electron chi connectivity index (χ4n) is 5.69. The summed E-state index contributed by atoms with van der Waals surface area (Å²) in [7, 11) is 1.66. The van der Waals surface area contributed by atoms with Crippen molar-refractivity contribution >= 4 is 28.8 Å². The van der Waals surface area contributed by atoms with Crippen molar-refractivity contribution in [3.8, 4) is 17.2 Å². The summed E-state index contributed by atoms with van der Waals surface area (Å²) >= 11 is 6.04. The maximum atomic E-state index is 14.0. The van der Waals surface area contributed by atoms with Crippen LogP contribution < -0.4 is 24.8 Å². The van der Waals surface area contributed by atoms with Crippen LogP contribution in [0.5, 0.6) is 17.2 Å². The zero-order valence-corrected chi connectivity index (χ0v) is 24.4. The molecule has 6 nitrogen and oxygen atoms in total. The van der Waals surface area contributed by atoms with E-state index in [0.29, 0.717) is 36.2 Å². The van der Waals surface area contributed by atoms with Crippen LogP contribution in [0.2, 0.25) is 5.02 Å². The van der Waals surface area contributed by atoms with Crippen molar-refractivity contribution < 1.29 is 19.0 Å². The number of nitrogens with one attached hydrogen (secondary N) is 2. The standard InChI is InChI=1S/C35H33ClN2O4/c1-3-41-33-20-24(12-17-32(33)42-21-22-8-13-26(36)14-9-22)35-34-30(37-28-6-4-5-7-29(28)38-35)18-25(19-31(34)39)23-10-15-27(40-2)16-11-23/h4-17,20,25,35,37-38H,3,18-19,21H2,1-2H3/t25-,35-/m1/s1. The second kappa shape index (κ2) is 12.2. The van der Waals surface area contributed by atoms with Crippen molar-refractivity contribution in [2.45, 2.75) is 38.3 Å². The number of Topliss-reactive ketones (excluding diaryl/α,β-unsaturated/α-hetero) is 1. The van der Waals surface area contributed by atoms with Crippen LogP contribution in [0.15, 0.2) is 102 Å². The van der Waals surface area contributed by atoms with Crippen LogP contribution in [0.25, 0.3) is 0 Å². The van der Waals surface area contributed by atoms with Gasteiger partial charge in [0.1, 0.15) is 12.4 Å². The topological polar surface area (TPSA) is 68.8 Å². The zero-order valence-electron chi connectivity index (χ0n) is 23.7. The number of fused-ring (bicyclic) bond motifs is 1. The maximum Gasteiger partial charge on any atom is 0.163 e. The lowest BCUT2D eigenvalue weighted by molar-refractivity contribution is -0.116. The molecule has 0 bridgehead atoms. The predicted molar refractivity (Wildman–Crippen MR) is 167 cm³/mol. The quantitative estimate of drug-likeness (QED) is 0.218. The highest BCUT2D eigenvalue weighted by molar-refractivity contribution is 6.30. The Morgan fingerprint density at radius 1 is 0.833 bits per heavy atom. The molecular formula is C35H33ClN2O4. The number of halogens is 1. The van der Waals surface area contributed by atoms with Crippen molar-refractivity contribution in [3.63, 3.8) is 0 Å². The first-order chi connectivity index (χ1) is 20.5. The van der Waals surface area contributed by atoms with Crippen molar-refractivity contribution in [3.05, 3.63) is 124 Å². The fraction of sp³-hybridized carbons (Fsp3) is 0.229. The first-order valence-electron chi connectivity index (χ1n) is 14.2. The SMILES string of the molecule is CCOc1cc([C@H]2Nc3ccccc3NC3=C2C(=O)C[C@H](c2ccc(OC)cc2)C3)ccc1OCc1ccc(Cl)cc1. The molecule has 214 valence electrons. The molecule has 42 heavy (non-hydrogen) atoms. The van der Waals surface area contributed by atoms with Gasteiger partial charge in [0.05, 0.1) is 31.1 Å². The first-order valence-corrected chi connectivity index (χ1v) is 14.6. The molecule has 4 aromatic carbocycles. The van der Waals surface area contributed by atoms with E-state index in [1.165, 1.54) is 0 Å². The summed E-state index contributed by atoms with van der Waals surface area (Å²) in [5.74, 6) is 2.28. The maximum absolute atomic E-state index is 14.0. The van der Waals surface area contributed by atoms with Gasteiger partial charge < -0.3 is 24.8 Å². The van der Waals surface area contributed by atoms with E-state index in [2.05, 4.69) is 22.8 Å². The van der Waals surface area contributed by atoms with Gasteiger partial charge in [-0.3, -0.25) is 4.79 Å². The van der Waals surface area contributed by atoms with Gasteiger partial charge in [-0.15, -0.1) is 0 Å². The molecule has 0 aromatic heterocycles. The van der Waals surface area contributed by atoms with E-state index < -0.39 is 0 Å². The Morgan fingerprint density at radius 3 is 2.31 bits per heavy atom. The van der Waals surface area contributed by atoms with E-state index in [1.54, 1.807) is 7.11 Å². The highest BCUT2D eigenvalue weighted by Crippen LogP contribution is 2.45. The minimum atomic E-state index is -0.356. The number of carbonyl (C=O) groups is 1. The zero-order chi connectivity index (χ0) is 29.1. The molecule has 1 heterocycles. The highest BCUT2D eigenvalue weighted by Gasteiger charge is 2.36. The van der Waals surface area contributed by atoms with E-state index in [0.717, 1.165) is 51.5 Å². The third kappa shape index (κ3) is 5.81. The Labute approximate surface area is 251 Å². The number of allylic oxidation sites excluding steroid dienone is 1. The second-order valence-electron chi connectivity index (χ2n) is 10.5. The summed E-state index contributed by atoms with van der Waals surface area (Å²) < 4.78 is 17.5. The van der Waals surface area contributed by atoms with Gasteiger partial charge >= 0.3 is 0 Å². The molecule has 0 saturated carbocycles. The number of para-hydroxylation sites is 2. The van der Waals surface area contributed by atoms with E-state index in [1.807, 2.05) is 85.8 Å². The second-order valence-corrected chi connectivity index (χ2v) is 10.9. The Kier molecular flexibility index (Phi) is 8.06. The smallest absolute Gasteiger partial charge is 0.163 e. The molecule has 1 aliphatic heterocycles. The van der Waals surface area contributed by atoms with E-state index >= 15 is 0 Å². The number of ketones is 1. The molecule has 4 aromatic rings. The van der Waals surface area contributed by atoms with E-state index in [-0.39, 0.29) is 17.7 Å². The monoisotopic (exact) mass is 580 g/mol. The number of carbonyl (C=O) groups excluding carboxylic acids is 1. The average Bonchev–Trinajstić information content (AvgIpc) is 3.18. The summed E-state index contributed by atoms with van der Waals surface area (Å²) in [6, 6.07) is 29.2. The first kappa shape index (κ1) is 27.7. The van der Waals surface area contributed by atoms with E-state index in [4.69, 9.17) is 25.8 Å². The van der Waals surface area contributed by atoms with Gasteiger partial charge in [0.15, 0.2) is 17.3 Å². The lowest BCUT2D eigenvalue weighted by Crippen LogP contribution is -2.27. The lowest BCUT2D eigenvalue weighted by Gasteiger charge is -2.30. The molecule has 0 fully saturated rings.